The molecule has 3 rings (SSSR count). The number of rotatable bonds is 1. The molecule has 0 atom stereocenters. The fourth-order valence-electron chi connectivity index (χ4n) is 3.95. The molecule has 146 valence electrons. The molecule has 0 unspecified atom stereocenters. The predicted octanol–water partition coefficient (Wildman–Crippen LogP) is 6.50. The Hall–Kier alpha value is -2.09. The average molecular weight is 365 g/mol. The van der Waals surface area contributed by atoms with Crippen molar-refractivity contribution in [3.8, 4) is 0 Å². The van der Waals surface area contributed by atoms with Crippen molar-refractivity contribution < 1.29 is 0 Å². The first-order valence-corrected chi connectivity index (χ1v) is 10.1. The fraction of sp³-hybridized carbons (Fsp3) is 0.480. The van der Waals surface area contributed by atoms with Crippen LogP contribution in [0, 0.1) is 41.5 Å². The molecule has 0 fully saturated rings. The molecule has 2 heteroatoms. The SMILES string of the molecule is CC.Cc1ccc(C2=NN(C)C(C)(C)c3c(C)c(C)c(C)c(C)c32)cc1C. The Labute approximate surface area is 166 Å². The summed E-state index contributed by atoms with van der Waals surface area (Å²) in [7, 11) is 2.09. The van der Waals surface area contributed by atoms with Gasteiger partial charge in [-0.1, -0.05) is 26.0 Å². The number of hydrazone groups is 1. The van der Waals surface area contributed by atoms with E-state index in [0.717, 1.165) is 5.71 Å². The van der Waals surface area contributed by atoms with Crippen molar-refractivity contribution in [2.24, 2.45) is 5.10 Å². The zero-order valence-corrected chi connectivity index (χ0v) is 19.1. The molecule has 2 nitrogen and oxygen atoms in total. The standard InChI is InChI=1S/C23H30N2.C2H6/c1-13-10-11-19(12-14(13)2)22-20-17(5)15(3)16(4)18(6)21(20)23(7,8)25(9)24-22;1-2/h10-12H,1-9H3;1-2H3. The van der Waals surface area contributed by atoms with Crippen molar-refractivity contribution in [3.05, 3.63) is 68.3 Å². The molecular formula is C25H36N2. The summed E-state index contributed by atoms with van der Waals surface area (Å²) in [5.41, 5.74) is 13.1. The Morgan fingerprint density at radius 1 is 0.778 bits per heavy atom. The van der Waals surface area contributed by atoms with Crippen molar-refractivity contribution in [2.75, 3.05) is 7.05 Å². The third-order valence-electron chi connectivity index (χ3n) is 6.38. The largest absolute Gasteiger partial charge is 0.289 e. The van der Waals surface area contributed by atoms with E-state index < -0.39 is 0 Å². The zero-order chi connectivity index (χ0) is 20.7. The van der Waals surface area contributed by atoms with Crippen molar-refractivity contribution in [1.29, 1.82) is 0 Å². The maximum Gasteiger partial charge on any atom is 0.0983 e. The number of hydrogen-bond donors (Lipinski definition) is 0. The molecule has 1 aliphatic rings. The van der Waals surface area contributed by atoms with Crippen LogP contribution in [-0.4, -0.2) is 17.8 Å². The average Bonchev–Trinajstić information content (AvgIpc) is 2.64. The quantitative estimate of drug-likeness (QED) is 0.564. The Kier molecular flexibility index (Phi) is 5.89. The highest BCUT2D eigenvalue weighted by Gasteiger charge is 2.37. The molecule has 2 aromatic rings. The normalized spacial score (nSPS) is 14.9. The van der Waals surface area contributed by atoms with Gasteiger partial charge in [-0.2, -0.15) is 5.10 Å². The van der Waals surface area contributed by atoms with Crippen LogP contribution in [0.3, 0.4) is 0 Å². The second-order valence-electron chi connectivity index (χ2n) is 8.08. The molecular weight excluding hydrogens is 328 g/mol. The smallest absolute Gasteiger partial charge is 0.0983 e. The zero-order valence-electron chi connectivity index (χ0n) is 19.1. The predicted molar refractivity (Wildman–Crippen MR) is 119 cm³/mol. The first-order chi connectivity index (χ1) is 12.6. The highest BCUT2D eigenvalue weighted by atomic mass is 15.5. The Bertz CT molecular complexity index is 901. The van der Waals surface area contributed by atoms with Crippen LogP contribution in [-0.2, 0) is 5.54 Å². The summed E-state index contributed by atoms with van der Waals surface area (Å²) in [5, 5.41) is 7.17. The summed E-state index contributed by atoms with van der Waals surface area (Å²) in [6.45, 7) is 21.9. The summed E-state index contributed by atoms with van der Waals surface area (Å²) < 4.78 is 0. The van der Waals surface area contributed by atoms with E-state index in [1.54, 1.807) is 0 Å². The minimum Gasteiger partial charge on any atom is -0.289 e. The lowest BCUT2D eigenvalue weighted by molar-refractivity contribution is 0.158. The molecule has 0 saturated heterocycles. The van der Waals surface area contributed by atoms with E-state index >= 15 is 0 Å². The summed E-state index contributed by atoms with van der Waals surface area (Å²) in [6.07, 6.45) is 0. The van der Waals surface area contributed by atoms with Gasteiger partial charge in [0.1, 0.15) is 0 Å². The van der Waals surface area contributed by atoms with Crippen LogP contribution in [0.2, 0.25) is 0 Å². The number of nitrogens with zero attached hydrogens (tertiary/aromatic N) is 2. The van der Waals surface area contributed by atoms with Crippen LogP contribution in [0.1, 0.15) is 77.8 Å². The van der Waals surface area contributed by atoms with Crippen molar-refractivity contribution in [3.63, 3.8) is 0 Å². The third kappa shape index (κ3) is 3.31. The van der Waals surface area contributed by atoms with Crippen molar-refractivity contribution in [2.45, 2.75) is 74.8 Å². The Morgan fingerprint density at radius 3 is 1.89 bits per heavy atom. The van der Waals surface area contributed by atoms with Gasteiger partial charge in [0.25, 0.3) is 0 Å². The maximum absolute atomic E-state index is 5.04. The van der Waals surface area contributed by atoms with E-state index in [9.17, 15) is 0 Å². The molecule has 0 spiro atoms. The van der Waals surface area contributed by atoms with Crippen LogP contribution >= 0.6 is 0 Å². The molecule has 0 N–H and O–H groups in total. The van der Waals surface area contributed by atoms with E-state index in [2.05, 4.69) is 85.6 Å². The Morgan fingerprint density at radius 2 is 1.33 bits per heavy atom. The minimum absolute atomic E-state index is 0.119. The van der Waals surface area contributed by atoms with E-state index in [4.69, 9.17) is 5.10 Å². The highest BCUT2D eigenvalue weighted by Crippen LogP contribution is 2.41. The van der Waals surface area contributed by atoms with Gasteiger partial charge in [-0.25, -0.2) is 0 Å². The number of aryl methyl sites for hydroxylation is 2. The third-order valence-corrected chi connectivity index (χ3v) is 6.38. The maximum atomic E-state index is 5.04. The molecule has 2 aromatic carbocycles. The second-order valence-corrected chi connectivity index (χ2v) is 8.08. The van der Waals surface area contributed by atoms with Crippen LogP contribution < -0.4 is 0 Å². The van der Waals surface area contributed by atoms with E-state index in [1.807, 2.05) is 13.8 Å². The first kappa shape index (κ1) is 21.2. The van der Waals surface area contributed by atoms with Gasteiger partial charge in [0, 0.05) is 18.2 Å². The van der Waals surface area contributed by atoms with Gasteiger partial charge >= 0.3 is 0 Å². The fourth-order valence-corrected chi connectivity index (χ4v) is 3.95. The lowest BCUT2D eigenvalue weighted by Crippen LogP contribution is -2.42. The number of hydrogen-bond acceptors (Lipinski definition) is 2. The monoisotopic (exact) mass is 364 g/mol. The Balaban J connectivity index is 0.00000126. The molecule has 0 radical (unpaired) electrons. The van der Waals surface area contributed by atoms with E-state index in [1.165, 1.54) is 50.1 Å². The minimum atomic E-state index is -0.119. The van der Waals surface area contributed by atoms with Gasteiger partial charge in [-0.15, -0.1) is 0 Å². The van der Waals surface area contributed by atoms with Gasteiger partial charge in [0.2, 0.25) is 0 Å². The molecule has 0 aromatic heterocycles. The summed E-state index contributed by atoms with van der Waals surface area (Å²) in [5.74, 6) is 0. The highest BCUT2D eigenvalue weighted by molar-refractivity contribution is 6.15. The summed E-state index contributed by atoms with van der Waals surface area (Å²) >= 11 is 0. The molecule has 27 heavy (non-hydrogen) atoms. The van der Waals surface area contributed by atoms with Crippen LogP contribution in [0.15, 0.2) is 23.3 Å². The molecule has 0 aliphatic carbocycles. The van der Waals surface area contributed by atoms with E-state index in [-0.39, 0.29) is 5.54 Å². The van der Waals surface area contributed by atoms with Gasteiger partial charge < -0.3 is 0 Å². The molecule has 0 saturated carbocycles. The lowest BCUT2D eigenvalue weighted by Gasteiger charge is -2.42. The summed E-state index contributed by atoms with van der Waals surface area (Å²) in [4.78, 5) is 0. The van der Waals surface area contributed by atoms with Crippen LogP contribution in [0.4, 0.5) is 0 Å². The number of benzene rings is 2. The number of fused-ring (bicyclic) bond motifs is 1. The summed E-state index contributed by atoms with van der Waals surface area (Å²) in [6, 6.07) is 6.69. The van der Waals surface area contributed by atoms with Crippen LogP contribution in [0.25, 0.3) is 0 Å². The van der Waals surface area contributed by atoms with Gasteiger partial charge in [-0.05, 0) is 100 Å². The van der Waals surface area contributed by atoms with E-state index in [0.29, 0.717) is 0 Å². The van der Waals surface area contributed by atoms with Crippen LogP contribution in [0.5, 0.6) is 0 Å². The molecule has 1 heterocycles. The van der Waals surface area contributed by atoms with Crippen molar-refractivity contribution >= 4 is 5.71 Å². The molecule has 0 amide bonds. The molecule has 1 aliphatic heterocycles. The molecule has 0 bridgehead atoms. The second kappa shape index (κ2) is 7.50. The van der Waals surface area contributed by atoms with Crippen molar-refractivity contribution in [1.82, 2.24) is 5.01 Å². The van der Waals surface area contributed by atoms with Gasteiger partial charge in [0.15, 0.2) is 0 Å². The van der Waals surface area contributed by atoms with Gasteiger partial charge in [0.05, 0.1) is 11.3 Å². The van der Waals surface area contributed by atoms with Gasteiger partial charge in [-0.3, -0.25) is 5.01 Å². The topological polar surface area (TPSA) is 15.6 Å². The lowest BCUT2D eigenvalue weighted by atomic mass is 9.76. The first-order valence-electron chi connectivity index (χ1n) is 10.1.